The van der Waals surface area contributed by atoms with Crippen LogP contribution < -0.4 is 0 Å². The molecule has 0 fully saturated rings. The second-order valence-electron chi connectivity index (χ2n) is 4.16. The third-order valence-corrected chi connectivity index (χ3v) is 2.54. The number of rotatable bonds is 4. The predicted octanol–water partition coefficient (Wildman–Crippen LogP) is 2.44. The minimum atomic E-state index is -1.04. The van der Waals surface area contributed by atoms with Crippen LogP contribution in [-0.2, 0) is 0 Å². The van der Waals surface area contributed by atoms with Crippen molar-refractivity contribution in [3.05, 3.63) is 48.6 Å². The molecule has 15 heavy (non-hydrogen) atoms. The van der Waals surface area contributed by atoms with Crippen LogP contribution in [0.4, 0.5) is 0 Å². The van der Waals surface area contributed by atoms with Crippen LogP contribution in [0.25, 0.3) is 0 Å². The minimum Gasteiger partial charge on any atom is -0.384 e. The molecule has 80 valence electrons. The van der Waals surface area contributed by atoms with Gasteiger partial charge in [0, 0.05) is 11.0 Å². The molecule has 0 aliphatic heterocycles. The molecule has 0 spiro atoms. The molecule has 1 aromatic rings. The number of aliphatic hydroxyl groups is 1. The van der Waals surface area contributed by atoms with E-state index in [1.807, 2.05) is 6.07 Å². The zero-order chi connectivity index (χ0) is 11.5. The molecule has 0 aromatic heterocycles. The number of ketones is 1. The lowest BCUT2D eigenvalue weighted by Crippen LogP contribution is -2.34. The molecule has 2 nitrogen and oxygen atoms in total. The van der Waals surface area contributed by atoms with Gasteiger partial charge in [0.25, 0.3) is 0 Å². The van der Waals surface area contributed by atoms with Crippen LogP contribution >= 0.6 is 0 Å². The Labute approximate surface area is 90.3 Å². The molecule has 0 unspecified atom stereocenters. The van der Waals surface area contributed by atoms with E-state index in [9.17, 15) is 9.90 Å². The van der Waals surface area contributed by atoms with E-state index in [4.69, 9.17) is 0 Å². The standard InChI is InChI=1S/C13H16O2/c1-4-13(2,3)12(15)11(14)10-8-6-5-7-9-10/h4-9,12,15H,1H2,2-3H3/t12-/m0/s1. The van der Waals surface area contributed by atoms with Gasteiger partial charge in [-0.2, -0.15) is 0 Å². The van der Waals surface area contributed by atoms with Gasteiger partial charge in [-0.15, -0.1) is 6.58 Å². The van der Waals surface area contributed by atoms with Gasteiger partial charge in [-0.3, -0.25) is 4.79 Å². The number of benzene rings is 1. The Bertz CT molecular complexity index is 352. The Balaban J connectivity index is 2.92. The first-order valence-corrected chi connectivity index (χ1v) is 4.90. The van der Waals surface area contributed by atoms with Crippen LogP contribution in [0, 0.1) is 5.41 Å². The normalized spacial score (nSPS) is 13.3. The van der Waals surface area contributed by atoms with Crippen molar-refractivity contribution in [3.8, 4) is 0 Å². The summed E-state index contributed by atoms with van der Waals surface area (Å²) < 4.78 is 0. The number of Topliss-reactive ketones (excluding diaryl/α,β-unsaturated/α-hetero) is 1. The summed E-state index contributed by atoms with van der Waals surface area (Å²) in [6.07, 6.45) is 0.552. The lowest BCUT2D eigenvalue weighted by atomic mass is 9.83. The third kappa shape index (κ3) is 2.54. The van der Waals surface area contributed by atoms with E-state index in [1.54, 1.807) is 44.2 Å². The Kier molecular flexibility index (Phi) is 3.43. The van der Waals surface area contributed by atoms with Crippen LogP contribution in [0.2, 0.25) is 0 Å². The van der Waals surface area contributed by atoms with Gasteiger partial charge < -0.3 is 5.11 Å². The van der Waals surface area contributed by atoms with E-state index in [2.05, 4.69) is 6.58 Å². The van der Waals surface area contributed by atoms with E-state index in [1.165, 1.54) is 0 Å². The van der Waals surface area contributed by atoms with Crippen molar-refractivity contribution in [3.63, 3.8) is 0 Å². The fourth-order valence-corrected chi connectivity index (χ4v) is 1.21. The molecule has 1 aromatic carbocycles. The number of hydrogen-bond acceptors (Lipinski definition) is 2. The van der Waals surface area contributed by atoms with Gasteiger partial charge in [-0.25, -0.2) is 0 Å². The summed E-state index contributed by atoms with van der Waals surface area (Å²) >= 11 is 0. The van der Waals surface area contributed by atoms with Crippen molar-refractivity contribution in [1.29, 1.82) is 0 Å². The molecule has 0 saturated heterocycles. The number of carbonyl (C=O) groups is 1. The number of aliphatic hydroxyl groups excluding tert-OH is 1. The molecule has 0 radical (unpaired) electrons. The third-order valence-electron chi connectivity index (χ3n) is 2.54. The molecule has 0 amide bonds. The first-order valence-electron chi connectivity index (χ1n) is 4.90. The molecule has 0 aliphatic carbocycles. The second-order valence-corrected chi connectivity index (χ2v) is 4.16. The average Bonchev–Trinajstić information content (AvgIpc) is 2.28. The Morgan fingerprint density at radius 3 is 2.40 bits per heavy atom. The van der Waals surface area contributed by atoms with Gasteiger partial charge in [0.1, 0.15) is 6.10 Å². The largest absolute Gasteiger partial charge is 0.384 e. The monoisotopic (exact) mass is 204 g/mol. The predicted molar refractivity (Wildman–Crippen MR) is 60.8 cm³/mol. The second kappa shape index (κ2) is 4.41. The summed E-state index contributed by atoms with van der Waals surface area (Å²) in [6.45, 7) is 7.18. The zero-order valence-corrected chi connectivity index (χ0v) is 9.10. The fraction of sp³-hybridized carbons (Fsp3) is 0.308. The Morgan fingerprint density at radius 2 is 1.93 bits per heavy atom. The maximum absolute atomic E-state index is 11.9. The highest BCUT2D eigenvalue weighted by molar-refractivity contribution is 5.99. The quantitative estimate of drug-likeness (QED) is 0.604. The molecule has 0 heterocycles. The maximum Gasteiger partial charge on any atom is 0.192 e. The molecule has 1 atom stereocenters. The summed E-state index contributed by atoms with van der Waals surface area (Å²) in [5.41, 5.74) is -0.0765. The van der Waals surface area contributed by atoms with E-state index in [-0.39, 0.29) is 5.78 Å². The Morgan fingerprint density at radius 1 is 1.40 bits per heavy atom. The van der Waals surface area contributed by atoms with Crippen molar-refractivity contribution < 1.29 is 9.90 Å². The highest BCUT2D eigenvalue weighted by atomic mass is 16.3. The highest BCUT2D eigenvalue weighted by Crippen LogP contribution is 2.24. The fourth-order valence-electron chi connectivity index (χ4n) is 1.21. The molecule has 0 bridgehead atoms. The van der Waals surface area contributed by atoms with Crippen LogP contribution in [0.15, 0.2) is 43.0 Å². The van der Waals surface area contributed by atoms with Crippen LogP contribution in [0.1, 0.15) is 24.2 Å². The van der Waals surface area contributed by atoms with Crippen LogP contribution in [-0.4, -0.2) is 17.0 Å². The first kappa shape index (κ1) is 11.7. The molecule has 1 rings (SSSR count). The number of hydrogen-bond donors (Lipinski definition) is 1. The summed E-state index contributed by atoms with van der Waals surface area (Å²) in [4.78, 5) is 11.9. The van der Waals surface area contributed by atoms with E-state index in [0.717, 1.165) is 0 Å². The summed E-state index contributed by atoms with van der Waals surface area (Å²) in [5.74, 6) is -0.263. The van der Waals surface area contributed by atoms with Gasteiger partial charge in [0.2, 0.25) is 0 Å². The van der Waals surface area contributed by atoms with E-state index < -0.39 is 11.5 Å². The zero-order valence-electron chi connectivity index (χ0n) is 9.10. The van der Waals surface area contributed by atoms with E-state index >= 15 is 0 Å². The van der Waals surface area contributed by atoms with Gasteiger partial charge in [0.05, 0.1) is 0 Å². The van der Waals surface area contributed by atoms with Crippen molar-refractivity contribution >= 4 is 5.78 Å². The summed E-state index contributed by atoms with van der Waals surface area (Å²) in [5, 5.41) is 9.88. The molecule has 0 saturated carbocycles. The average molecular weight is 204 g/mol. The van der Waals surface area contributed by atoms with Gasteiger partial charge in [0.15, 0.2) is 5.78 Å². The first-order chi connectivity index (χ1) is 6.99. The summed E-state index contributed by atoms with van der Waals surface area (Å²) in [6, 6.07) is 8.79. The number of carbonyl (C=O) groups excluding carboxylic acids is 1. The van der Waals surface area contributed by atoms with Gasteiger partial charge in [-0.1, -0.05) is 50.3 Å². The maximum atomic E-state index is 11.9. The summed E-state index contributed by atoms with van der Waals surface area (Å²) in [7, 11) is 0. The van der Waals surface area contributed by atoms with Crippen LogP contribution in [0.5, 0.6) is 0 Å². The van der Waals surface area contributed by atoms with Crippen LogP contribution in [0.3, 0.4) is 0 Å². The van der Waals surface area contributed by atoms with Crippen molar-refractivity contribution in [2.75, 3.05) is 0 Å². The molecular formula is C13H16O2. The molecular weight excluding hydrogens is 188 g/mol. The van der Waals surface area contributed by atoms with E-state index in [0.29, 0.717) is 5.56 Å². The van der Waals surface area contributed by atoms with Gasteiger partial charge in [-0.05, 0) is 0 Å². The van der Waals surface area contributed by atoms with Gasteiger partial charge >= 0.3 is 0 Å². The topological polar surface area (TPSA) is 37.3 Å². The van der Waals surface area contributed by atoms with Crippen molar-refractivity contribution in [2.45, 2.75) is 20.0 Å². The Hall–Kier alpha value is -1.41. The minimum absolute atomic E-state index is 0.263. The smallest absolute Gasteiger partial charge is 0.192 e. The molecule has 0 aliphatic rings. The lowest BCUT2D eigenvalue weighted by molar-refractivity contribution is 0.0518. The van der Waals surface area contributed by atoms with Crippen molar-refractivity contribution in [2.24, 2.45) is 5.41 Å². The molecule has 2 heteroatoms. The van der Waals surface area contributed by atoms with Crippen molar-refractivity contribution in [1.82, 2.24) is 0 Å². The lowest BCUT2D eigenvalue weighted by Gasteiger charge is -2.25. The highest BCUT2D eigenvalue weighted by Gasteiger charge is 2.31. The SMILES string of the molecule is C=CC(C)(C)[C@@H](O)C(=O)c1ccccc1. The molecule has 1 N–H and O–H groups in total.